The van der Waals surface area contributed by atoms with Gasteiger partial charge in [0.1, 0.15) is 0 Å². The van der Waals surface area contributed by atoms with Crippen LogP contribution in [0.2, 0.25) is 0 Å². The second-order valence-electron chi connectivity index (χ2n) is 7.09. The Morgan fingerprint density at radius 3 is 2.73 bits per heavy atom. The van der Waals surface area contributed by atoms with Gasteiger partial charge in [-0.1, -0.05) is 50.1 Å². The number of carbonyl (C=O) groups is 2. The van der Waals surface area contributed by atoms with Crippen molar-refractivity contribution < 1.29 is 14.7 Å². The summed E-state index contributed by atoms with van der Waals surface area (Å²) in [4.78, 5) is 24.5. The van der Waals surface area contributed by atoms with Crippen LogP contribution in [0.25, 0.3) is 0 Å². The Morgan fingerprint density at radius 2 is 2.08 bits per heavy atom. The molecule has 6 nitrogen and oxygen atoms in total. The van der Waals surface area contributed by atoms with Crippen molar-refractivity contribution in [3.05, 3.63) is 53.3 Å². The van der Waals surface area contributed by atoms with Crippen LogP contribution in [0.4, 0.5) is 0 Å². The van der Waals surface area contributed by atoms with Gasteiger partial charge in [0.15, 0.2) is 0 Å². The van der Waals surface area contributed by atoms with Gasteiger partial charge in [0.2, 0.25) is 0 Å². The van der Waals surface area contributed by atoms with Crippen LogP contribution in [-0.2, 0) is 18.4 Å². The number of hydrogen-bond acceptors (Lipinski definition) is 3. The number of benzene rings is 1. The Bertz CT molecular complexity index is 800. The summed E-state index contributed by atoms with van der Waals surface area (Å²) in [5.74, 6) is -1.18. The number of nitrogens with zero attached hydrogens (tertiary/aromatic N) is 2. The molecule has 0 saturated heterocycles. The van der Waals surface area contributed by atoms with Crippen molar-refractivity contribution in [3.8, 4) is 0 Å². The molecular formula is C20H25N3O3. The molecule has 26 heavy (non-hydrogen) atoms. The molecule has 1 heterocycles. The number of carboxylic acids is 1. The number of aryl methyl sites for hydroxylation is 1. The summed E-state index contributed by atoms with van der Waals surface area (Å²) in [6.07, 6.45) is 4.68. The van der Waals surface area contributed by atoms with Gasteiger partial charge in [-0.15, -0.1) is 0 Å². The van der Waals surface area contributed by atoms with Crippen LogP contribution in [0.3, 0.4) is 0 Å². The highest BCUT2D eigenvalue weighted by atomic mass is 16.4. The first-order valence-electron chi connectivity index (χ1n) is 9.07. The highest BCUT2D eigenvalue weighted by Gasteiger charge is 2.62. The first kappa shape index (κ1) is 18.2. The molecule has 0 radical (unpaired) electrons. The van der Waals surface area contributed by atoms with Gasteiger partial charge in [-0.25, -0.2) is 0 Å². The summed E-state index contributed by atoms with van der Waals surface area (Å²) < 4.78 is 1.59. The van der Waals surface area contributed by atoms with Crippen LogP contribution < -0.4 is 5.32 Å². The van der Waals surface area contributed by atoms with Gasteiger partial charge in [0, 0.05) is 25.7 Å². The van der Waals surface area contributed by atoms with E-state index in [9.17, 15) is 14.7 Å². The van der Waals surface area contributed by atoms with Crippen molar-refractivity contribution in [3.63, 3.8) is 0 Å². The molecule has 3 rings (SSSR count). The first-order chi connectivity index (χ1) is 12.5. The average Bonchev–Trinajstić information content (AvgIpc) is 3.26. The van der Waals surface area contributed by atoms with E-state index in [0.717, 1.165) is 18.4 Å². The summed E-state index contributed by atoms with van der Waals surface area (Å²) in [5.41, 5.74) is 1.34. The zero-order valence-electron chi connectivity index (χ0n) is 15.2. The number of nitrogens with one attached hydrogen (secondary N) is 1. The number of rotatable bonds is 8. The van der Waals surface area contributed by atoms with Crippen LogP contribution in [0.15, 0.2) is 36.5 Å². The molecule has 2 atom stereocenters. The third-order valence-corrected chi connectivity index (χ3v) is 5.21. The van der Waals surface area contributed by atoms with E-state index in [1.165, 1.54) is 0 Å². The van der Waals surface area contributed by atoms with Crippen molar-refractivity contribution in [2.24, 2.45) is 12.5 Å². The van der Waals surface area contributed by atoms with Gasteiger partial charge in [-0.3, -0.25) is 14.3 Å². The van der Waals surface area contributed by atoms with E-state index < -0.39 is 11.4 Å². The van der Waals surface area contributed by atoms with Crippen LogP contribution in [-0.4, -0.2) is 26.8 Å². The van der Waals surface area contributed by atoms with E-state index in [0.29, 0.717) is 30.6 Å². The summed E-state index contributed by atoms with van der Waals surface area (Å²) >= 11 is 0. The molecule has 0 bridgehead atoms. The second-order valence-corrected chi connectivity index (χ2v) is 7.09. The highest BCUT2D eigenvalue weighted by Crippen LogP contribution is 2.62. The average molecular weight is 355 g/mol. The first-order valence-corrected chi connectivity index (χ1v) is 9.07. The summed E-state index contributed by atoms with van der Waals surface area (Å²) in [7, 11) is 1.76. The molecule has 138 valence electrons. The quantitative estimate of drug-likeness (QED) is 0.762. The fraction of sp³-hybridized carbons (Fsp3) is 0.450. The molecule has 1 unspecified atom stereocenters. The predicted molar refractivity (Wildman–Crippen MR) is 97.8 cm³/mol. The number of unbranched alkanes of at least 4 members (excludes halogenated alkanes) is 1. The van der Waals surface area contributed by atoms with E-state index in [-0.39, 0.29) is 11.8 Å². The minimum atomic E-state index is -0.780. The molecule has 2 N–H and O–H groups in total. The maximum absolute atomic E-state index is 12.7. The molecule has 1 saturated carbocycles. The fourth-order valence-electron chi connectivity index (χ4n) is 3.59. The van der Waals surface area contributed by atoms with E-state index in [1.807, 2.05) is 30.3 Å². The molecule has 0 spiro atoms. The normalized spacial score (nSPS) is 21.4. The van der Waals surface area contributed by atoms with Crippen molar-refractivity contribution in [2.75, 3.05) is 0 Å². The maximum Gasteiger partial charge on any atom is 0.310 e. The van der Waals surface area contributed by atoms with Gasteiger partial charge < -0.3 is 10.4 Å². The van der Waals surface area contributed by atoms with E-state index in [4.69, 9.17) is 0 Å². The lowest BCUT2D eigenvalue weighted by atomic mass is 9.94. The van der Waals surface area contributed by atoms with Crippen molar-refractivity contribution in [1.29, 1.82) is 0 Å². The number of amides is 1. The second kappa shape index (κ2) is 7.32. The molecule has 1 aromatic heterocycles. The van der Waals surface area contributed by atoms with Crippen molar-refractivity contribution >= 4 is 11.9 Å². The smallest absolute Gasteiger partial charge is 0.310 e. The van der Waals surface area contributed by atoms with E-state index in [1.54, 1.807) is 17.9 Å². The van der Waals surface area contributed by atoms with E-state index >= 15 is 0 Å². The van der Waals surface area contributed by atoms with Gasteiger partial charge in [0.05, 0.1) is 16.7 Å². The number of carboxylic acid groups (broad SMARTS) is 1. The Balaban J connectivity index is 1.76. The molecule has 1 fully saturated rings. The molecule has 6 heteroatoms. The molecule has 1 aliphatic rings. The predicted octanol–water partition coefficient (Wildman–Crippen LogP) is 3.10. The Kier molecular flexibility index (Phi) is 5.11. The summed E-state index contributed by atoms with van der Waals surface area (Å²) in [6, 6.07) is 9.68. The fourth-order valence-corrected chi connectivity index (χ4v) is 3.59. The SMILES string of the molecule is CCCCC1(C(=O)O)C[C@H]1c1nn(C)cc1C(=O)NCc1ccccc1. The zero-order chi connectivity index (χ0) is 18.7. The lowest BCUT2D eigenvalue weighted by Crippen LogP contribution is -2.24. The van der Waals surface area contributed by atoms with Crippen molar-refractivity contribution in [1.82, 2.24) is 15.1 Å². The number of carbonyl (C=O) groups excluding carboxylic acids is 1. The van der Waals surface area contributed by atoms with Gasteiger partial charge in [-0.2, -0.15) is 5.10 Å². The lowest BCUT2D eigenvalue weighted by Gasteiger charge is -2.11. The largest absolute Gasteiger partial charge is 0.481 e. The third-order valence-electron chi connectivity index (χ3n) is 5.21. The zero-order valence-corrected chi connectivity index (χ0v) is 15.2. The molecular weight excluding hydrogens is 330 g/mol. The third kappa shape index (κ3) is 3.49. The van der Waals surface area contributed by atoms with Crippen LogP contribution in [0.1, 0.15) is 60.1 Å². The molecule has 1 aliphatic carbocycles. The standard InChI is InChI=1S/C20H25N3O3/c1-3-4-10-20(19(25)26)11-16(20)17-15(13-23(2)22-17)18(24)21-12-14-8-6-5-7-9-14/h5-9,13,16H,3-4,10-12H2,1-2H3,(H,21,24)(H,25,26)/t16-,20?/m0/s1. The monoisotopic (exact) mass is 355 g/mol. The number of aliphatic carboxylic acids is 1. The lowest BCUT2D eigenvalue weighted by molar-refractivity contribution is -0.143. The highest BCUT2D eigenvalue weighted by molar-refractivity contribution is 5.96. The van der Waals surface area contributed by atoms with Gasteiger partial charge in [0.25, 0.3) is 5.91 Å². The van der Waals surface area contributed by atoms with Crippen LogP contribution in [0.5, 0.6) is 0 Å². The van der Waals surface area contributed by atoms with Crippen LogP contribution in [0, 0.1) is 5.41 Å². The van der Waals surface area contributed by atoms with E-state index in [2.05, 4.69) is 17.3 Å². The summed E-state index contributed by atoms with van der Waals surface area (Å²) in [6.45, 7) is 2.48. The Hall–Kier alpha value is -2.63. The molecule has 0 aliphatic heterocycles. The number of hydrogen-bond donors (Lipinski definition) is 2. The Labute approximate surface area is 153 Å². The molecule has 1 amide bonds. The van der Waals surface area contributed by atoms with Gasteiger partial charge >= 0.3 is 5.97 Å². The molecule has 1 aromatic carbocycles. The minimum absolute atomic E-state index is 0.190. The Morgan fingerprint density at radius 1 is 1.35 bits per heavy atom. The van der Waals surface area contributed by atoms with Crippen LogP contribution >= 0.6 is 0 Å². The maximum atomic E-state index is 12.7. The summed E-state index contributed by atoms with van der Waals surface area (Å²) in [5, 5.41) is 17.1. The van der Waals surface area contributed by atoms with Gasteiger partial charge in [-0.05, 0) is 18.4 Å². The minimum Gasteiger partial charge on any atom is -0.481 e. The molecule has 2 aromatic rings. The van der Waals surface area contributed by atoms with Crippen molar-refractivity contribution in [2.45, 2.75) is 45.1 Å². The topological polar surface area (TPSA) is 84.2 Å². The number of aromatic nitrogens is 2.